The highest BCUT2D eigenvalue weighted by molar-refractivity contribution is 6.86. The third-order valence-electron chi connectivity index (χ3n) is 5.33. The van der Waals surface area contributed by atoms with Crippen LogP contribution in [-0.4, -0.2) is 49.0 Å². The molecule has 2 fully saturated rings. The summed E-state index contributed by atoms with van der Waals surface area (Å²) in [5.74, 6) is -1.13. The Balaban J connectivity index is 2.53. The summed E-state index contributed by atoms with van der Waals surface area (Å²) in [6.45, 7) is 14.4. The van der Waals surface area contributed by atoms with E-state index in [1.807, 2.05) is 13.8 Å². The van der Waals surface area contributed by atoms with E-state index < -0.39 is 31.3 Å². The van der Waals surface area contributed by atoms with Crippen molar-refractivity contribution in [2.24, 2.45) is 0 Å². The number of esters is 1. The van der Waals surface area contributed by atoms with Gasteiger partial charge in [-0.3, -0.25) is 0 Å². The number of hydrogen-bond acceptors (Lipinski definition) is 5. The van der Waals surface area contributed by atoms with Gasteiger partial charge in [0.1, 0.15) is 20.3 Å². The van der Waals surface area contributed by atoms with Gasteiger partial charge in [0.15, 0.2) is 11.0 Å². The summed E-state index contributed by atoms with van der Waals surface area (Å²) in [5, 5.41) is 8.17. The van der Waals surface area contributed by atoms with Crippen molar-refractivity contribution in [3.63, 3.8) is 0 Å². The Bertz CT molecular complexity index is 440. The Labute approximate surface area is 128 Å². The summed E-state index contributed by atoms with van der Waals surface area (Å²) in [7, 11) is -2.25. The molecule has 0 amide bonds. The van der Waals surface area contributed by atoms with Crippen molar-refractivity contribution in [2.75, 3.05) is 6.61 Å². The molecule has 6 heteroatoms. The first kappa shape index (κ1) is 16.9. The lowest BCUT2D eigenvalue weighted by molar-refractivity contribution is -0.192. The van der Waals surface area contributed by atoms with E-state index in [0.29, 0.717) is 6.42 Å². The topological polar surface area (TPSA) is 65.0 Å². The zero-order valence-corrected chi connectivity index (χ0v) is 15.1. The van der Waals surface area contributed by atoms with E-state index in [2.05, 4.69) is 33.9 Å². The number of carbonyl (C=O) groups excluding carboxylic acids is 1. The van der Waals surface area contributed by atoms with Gasteiger partial charge in [-0.2, -0.15) is 0 Å². The average Bonchev–Trinajstić information content (AvgIpc) is 2.71. The Morgan fingerprint density at radius 1 is 1.29 bits per heavy atom. The van der Waals surface area contributed by atoms with Crippen LogP contribution in [0.1, 0.15) is 41.0 Å². The van der Waals surface area contributed by atoms with Crippen LogP contribution in [0.5, 0.6) is 0 Å². The highest BCUT2D eigenvalue weighted by Gasteiger charge is 2.75. The van der Waals surface area contributed by atoms with Gasteiger partial charge >= 0.3 is 5.97 Å². The lowest BCUT2D eigenvalue weighted by atomic mass is 10.1. The monoisotopic (exact) mass is 316 g/mol. The number of aliphatic hydroxyl groups excluding tert-OH is 1. The fraction of sp³-hybridized carbons (Fsp3) is 0.933. The van der Waals surface area contributed by atoms with Crippen LogP contribution in [-0.2, 0) is 19.0 Å². The fourth-order valence-corrected chi connectivity index (χ4v) is 6.41. The van der Waals surface area contributed by atoms with E-state index >= 15 is 0 Å². The molecular formula is C15H28O5Si. The van der Waals surface area contributed by atoms with Crippen LogP contribution in [0.25, 0.3) is 0 Å². The van der Waals surface area contributed by atoms with E-state index in [1.165, 1.54) is 0 Å². The first-order valence-electron chi connectivity index (χ1n) is 7.59. The SMILES string of the molecule is CC1(C)O[C@@H]2[C@H](CCO)OC(=O)[C@]2([Si](C)(C)C(C)(C)C)O1. The van der Waals surface area contributed by atoms with E-state index in [-0.39, 0.29) is 17.6 Å². The molecule has 0 aromatic rings. The van der Waals surface area contributed by atoms with Crippen LogP contribution in [0.3, 0.4) is 0 Å². The molecule has 0 spiro atoms. The van der Waals surface area contributed by atoms with E-state index in [9.17, 15) is 9.90 Å². The molecular weight excluding hydrogens is 288 g/mol. The highest BCUT2D eigenvalue weighted by Crippen LogP contribution is 2.55. The molecule has 2 aliphatic rings. The Kier molecular flexibility index (Phi) is 3.85. The molecule has 0 aromatic heterocycles. The molecule has 5 nitrogen and oxygen atoms in total. The lowest BCUT2D eigenvalue weighted by Gasteiger charge is -2.46. The molecule has 0 aromatic carbocycles. The van der Waals surface area contributed by atoms with Crippen LogP contribution in [0.15, 0.2) is 0 Å². The van der Waals surface area contributed by atoms with Gasteiger partial charge in [0.05, 0.1) is 0 Å². The summed E-state index contributed by atoms with van der Waals surface area (Å²) in [6, 6.07) is 0. The number of rotatable bonds is 3. The Hall–Kier alpha value is -0.433. The van der Waals surface area contributed by atoms with Crippen molar-refractivity contribution in [3.05, 3.63) is 0 Å². The maximum atomic E-state index is 12.8. The lowest BCUT2D eigenvalue weighted by Crippen LogP contribution is -2.67. The first-order chi connectivity index (χ1) is 9.39. The van der Waals surface area contributed by atoms with E-state index in [0.717, 1.165) is 0 Å². The van der Waals surface area contributed by atoms with E-state index in [1.54, 1.807) is 0 Å². The highest BCUT2D eigenvalue weighted by atomic mass is 28.3. The van der Waals surface area contributed by atoms with Crippen LogP contribution in [0.2, 0.25) is 18.1 Å². The number of fused-ring (bicyclic) bond motifs is 1. The molecule has 3 atom stereocenters. The van der Waals surface area contributed by atoms with Gasteiger partial charge in [-0.1, -0.05) is 33.9 Å². The van der Waals surface area contributed by atoms with Crippen LogP contribution in [0.4, 0.5) is 0 Å². The molecule has 2 heterocycles. The predicted molar refractivity (Wildman–Crippen MR) is 81.5 cm³/mol. The van der Waals surface area contributed by atoms with Gasteiger partial charge in [-0.25, -0.2) is 4.79 Å². The van der Waals surface area contributed by atoms with Gasteiger partial charge < -0.3 is 19.3 Å². The second-order valence-corrected chi connectivity index (χ2v) is 13.6. The number of carbonyl (C=O) groups is 1. The van der Waals surface area contributed by atoms with E-state index in [4.69, 9.17) is 14.2 Å². The van der Waals surface area contributed by atoms with Crippen molar-refractivity contribution in [2.45, 2.75) is 82.4 Å². The van der Waals surface area contributed by atoms with Crippen molar-refractivity contribution < 1.29 is 24.1 Å². The van der Waals surface area contributed by atoms with Crippen molar-refractivity contribution >= 4 is 14.0 Å². The Morgan fingerprint density at radius 3 is 2.33 bits per heavy atom. The van der Waals surface area contributed by atoms with Gasteiger partial charge in [0, 0.05) is 13.0 Å². The zero-order valence-electron chi connectivity index (χ0n) is 14.1. The van der Waals surface area contributed by atoms with Crippen LogP contribution in [0, 0.1) is 0 Å². The fourth-order valence-electron chi connectivity index (χ4n) is 3.27. The number of cyclic esters (lactones) is 1. The minimum absolute atomic E-state index is 0.0359. The second-order valence-electron chi connectivity index (χ2n) is 8.11. The molecule has 21 heavy (non-hydrogen) atoms. The minimum atomic E-state index is -2.25. The third-order valence-corrected chi connectivity index (χ3v) is 11.5. The van der Waals surface area contributed by atoms with Gasteiger partial charge in [0.2, 0.25) is 0 Å². The van der Waals surface area contributed by atoms with Gasteiger partial charge in [-0.05, 0) is 18.9 Å². The smallest absolute Gasteiger partial charge is 0.338 e. The molecule has 0 unspecified atom stereocenters. The molecule has 2 rings (SSSR count). The minimum Gasteiger partial charge on any atom is -0.457 e. The maximum Gasteiger partial charge on any atom is 0.338 e. The largest absolute Gasteiger partial charge is 0.457 e. The second kappa shape index (κ2) is 4.78. The summed E-state index contributed by atoms with van der Waals surface area (Å²) in [4.78, 5) is 12.8. The van der Waals surface area contributed by atoms with Crippen LogP contribution >= 0.6 is 0 Å². The summed E-state index contributed by atoms with van der Waals surface area (Å²) in [5.41, 5.74) is 0. The first-order valence-corrected chi connectivity index (χ1v) is 10.6. The van der Waals surface area contributed by atoms with Crippen molar-refractivity contribution in [3.8, 4) is 0 Å². The molecule has 0 aliphatic carbocycles. The normalized spacial score (nSPS) is 35.7. The summed E-state index contributed by atoms with van der Waals surface area (Å²) in [6.07, 6.45) is -0.488. The molecule has 2 saturated heterocycles. The standard InChI is InChI=1S/C15H28O5Si/c1-13(2,3)21(6,7)15-11(19-14(4,5)20-15)10(8-9-16)18-12(15)17/h10-11,16H,8-9H2,1-7H3/t10-,11+,15-/m0/s1. The van der Waals surface area contributed by atoms with Crippen LogP contribution < -0.4 is 0 Å². The molecule has 2 aliphatic heterocycles. The molecule has 122 valence electrons. The van der Waals surface area contributed by atoms with Gasteiger partial charge in [0.25, 0.3) is 0 Å². The molecule has 0 saturated carbocycles. The predicted octanol–water partition coefficient (Wildman–Crippen LogP) is 2.23. The maximum absolute atomic E-state index is 12.8. The number of hydrogen-bond donors (Lipinski definition) is 1. The third kappa shape index (κ3) is 2.27. The van der Waals surface area contributed by atoms with Crippen molar-refractivity contribution in [1.82, 2.24) is 0 Å². The molecule has 0 bridgehead atoms. The number of ether oxygens (including phenoxy) is 3. The summed E-state index contributed by atoms with van der Waals surface area (Å²) >= 11 is 0. The van der Waals surface area contributed by atoms with Crippen molar-refractivity contribution in [1.29, 1.82) is 0 Å². The Morgan fingerprint density at radius 2 is 1.86 bits per heavy atom. The quantitative estimate of drug-likeness (QED) is 0.639. The zero-order chi connectivity index (χ0) is 16.3. The average molecular weight is 316 g/mol. The number of aliphatic hydroxyl groups is 1. The summed E-state index contributed by atoms with van der Waals surface area (Å²) < 4.78 is 17.8. The molecule has 1 N–H and O–H groups in total. The molecule has 0 radical (unpaired) electrons. The van der Waals surface area contributed by atoms with Gasteiger partial charge in [-0.15, -0.1) is 0 Å².